The molecule has 0 saturated heterocycles. The Morgan fingerprint density at radius 1 is 1.09 bits per heavy atom. The zero-order valence-electron chi connectivity index (χ0n) is 17.5. The number of methoxy groups -OCH3 is 1. The van der Waals surface area contributed by atoms with Crippen molar-refractivity contribution < 1.29 is 26.3 Å². The van der Waals surface area contributed by atoms with Gasteiger partial charge in [-0.1, -0.05) is 19.1 Å². The van der Waals surface area contributed by atoms with E-state index < -0.39 is 26.9 Å². The summed E-state index contributed by atoms with van der Waals surface area (Å²) in [7, 11) is -2.56. The Kier molecular flexibility index (Phi) is 6.40. The maximum atomic E-state index is 13.3. The zero-order valence-corrected chi connectivity index (χ0v) is 18.3. The first-order valence-corrected chi connectivity index (χ1v) is 11.3. The van der Waals surface area contributed by atoms with Crippen molar-refractivity contribution in [2.45, 2.75) is 31.2 Å². The van der Waals surface area contributed by atoms with E-state index in [1.165, 1.54) is 30.0 Å². The van der Waals surface area contributed by atoms with Crippen molar-refractivity contribution in [3.05, 3.63) is 69.8 Å². The molecule has 0 bridgehead atoms. The number of halogens is 3. The number of hydrogen-bond acceptors (Lipinski definition) is 6. The first kappa shape index (κ1) is 23.5. The maximum Gasteiger partial charge on any atom is 0.433 e. The lowest BCUT2D eigenvalue weighted by Crippen LogP contribution is -2.19. The molecule has 0 saturated carbocycles. The summed E-state index contributed by atoms with van der Waals surface area (Å²) in [6.07, 6.45) is -2.06. The zero-order chi connectivity index (χ0) is 23.7. The number of rotatable bonds is 6. The van der Waals surface area contributed by atoms with Crippen LogP contribution in [-0.4, -0.2) is 36.3 Å². The second-order valence-corrected chi connectivity index (χ2v) is 8.98. The van der Waals surface area contributed by atoms with Crippen molar-refractivity contribution in [3.63, 3.8) is 0 Å². The summed E-state index contributed by atoms with van der Waals surface area (Å²) < 4.78 is 70.1. The molecule has 170 valence electrons. The molecule has 0 spiro atoms. The molecule has 3 aromatic rings. The fourth-order valence-corrected chi connectivity index (χ4v) is 3.59. The van der Waals surface area contributed by atoms with E-state index in [0.29, 0.717) is 11.8 Å². The standard InChI is InChI=1S/C21H20F3N3O4S/c1-4-14-6-5-13(9-17(14)31-2)11-27-12-15(7-8-19(27)28)16-10-18(21(22,23)24)26-20(25-16)32(3,29)30/h5-10,12H,4,11H2,1-3H3. The van der Waals surface area contributed by atoms with E-state index in [1.54, 1.807) is 6.07 Å². The quantitative estimate of drug-likeness (QED) is 0.517. The van der Waals surface area contributed by atoms with Gasteiger partial charge in [-0.25, -0.2) is 18.4 Å². The van der Waals surface area contributed by atoms with Gasteiger partial charge < -0.3 is 9.30 Å². The molecular weight excluding hydrogens is 447 g/mol. The average molecular weight is 467 g/mol. The van der Waals surface area contributed by atoms with Crippen molar-refractivity contribution in [2.24, 2.45) is 0 Å². The van der Waals surface area contributed by atoms with Crippen LogP contribution in [0, 0.1) is 0 Å². The molecule has 11 heteroatoms. The van der Waals surface area contributed by atoms with E-state index in [1.807, 2.05) is 19.1 Å². The van der Waals surface area contributed by atoms with Crippen LogP contribution in [0.25, 0.3) is 11.3 Å². The fourth-order valence-electron chi connectivity index (χ4n) is 3.07. The second-order valence-electron chi connectivity index (χ2n) is 7.07. The molecule has 0 radical (unpaired) electrons. The Hall–Kier alpha value is -3.21. The van der Waals surface area contributed by atoms with Crippen molar-refractivity contribution in [1.29, 1.82) is 0 Å². The summed E-state index contributed by atoms with van der Waals surface area (Å²) >= 11 is 0. The van der Waals surface area contributed by atoms with Gasteiger partial charge in [0.25, 0.3) is 5.56 Å². The van der Waals surface area contributed by atoms with Crippen LogP contribution in [0.2, 0.25) is 0 Å². The minimum atomic E-state index is -4.87. The summed E-state index contributed by atoms with van der Waals surface area (Å²) in [5.74, 6) is 0.664. The van der Waals surface area contributed by atoms with Gasteiger partial charge in [0.2, 0.25) is 15.0 Å². The van der Waals surface area contributed by atoms with Gasteiger partial charge in [-0.2, -0.15) is 13.2 Å². The first-order chi connectivity index (χ1) is 14.9. The van der Waals surface area contributed by atoms with E-state index in [4.69, 9.17) is 4.74 Å². The third-order valence-corrected chi connectivity index (χ3v) is 5.54. The molecule has 0 aliphatic carbocycles. The highest BCUT2D eigenvalue weighted by Crippen LogP contribution is 2.31. The molecular formula is C21H20F3N3O4S. The highest BCUT2D eigenvalue weighted by Gasteiger charge is 2.35. The summed E-state index contributed by atoms with van der Waals surface area (Å²) in [5.41, 5.74) is -0.165. The van der Waals surface area contributed by atoms with Gasteiger partial charge in [-0.05, 0) is 35.7 Å². The van der Waals surface area contributed by atoms with Crippen molar-refractivity contribution in [2.75, 3.05) is 13.4 Å². The first-order valence-electron chi connectivity index (χ1n) is 9.45. The number of hydrogen-bond donors (Lipinski definition) is 0. The molecule has 0 aliphatic rings. The van der Waals surface area contributed by atoms with Crippen LogP contribution in [0.5, 0.6) is 5.75 Å². The molecule has 32 heavy (non-hydrogen) atoms. The number of pyridine rings is 1. The molecule has 7 nitrogen and oxygen atoms in total. The van der Waals surface area contributed by atoms with Crippen LogP contribution in [0.1, 0.15) is 23.7 Å². The monoisotopic (exact) mass is 467 g/mol. The lowest BCUT2D eigenvalue weighted by molar-refractivity contribution is -0.141. The van der Waals surface area contributed by atoms with Crippen LogP contribution < -0.4 is 10.3 Å². The molecule has 0 atom stereocenters. The van der Waals surface area contributed by atoms with E-state index >= 15 is 0 Å². The molecule has 0 aliphatic heterocycles. The highest BCUT2D eigenvalue weighted by atomic mass is 32.2. The van der Waals surface area contributed by atoms with E-state index in [-0.39, 0.29) is 23.4 Å². The van der Waals surface area contributed by atoms with Crippen LogP contribution >= 0.6 is 0 Å². The Morgan fingerprint density at radius 2 is 1.81 bits per heavy atom. The summed E-state index contributed by atoms with van der Waals surface area (Å²) in [6, 6.07) is 8.61. The number of sulfone groups is 1. The topological polar surface area (TPSA) is 91.1 Å². The number of alkyl halides is 3. The Labute approximate surface area is 182 Å². The maximum absolute atomic E-state index is 13.3. The summed E-state index contributed by atoms with van der Waals surface area (Å²) in [5, 5.41) is -0.944. The van der Waals surface area contributed by atoms with Crippen LogP contribution in [0.15, 0.2) is 52.5 Å². The molecule has 1 aromatic carbocycles. The Balaban J connectivity index is 2.08. The van der Waals surface area contributed by atoms with Crippen LogP contribution in [-0.2, 0) is 29.0 Å². The molecule has 0 fully saturated rings. The van der Waals surface area contributed by atoms with Crippen molar-refractivity contribution in [3.8, 4) is 17.0 Å². The van der Waals surface area contributed by atoms with Crippen molar-refractivity contribution in [1.82, 2.24) is 14.5 Å². The summed E-state index contributed by atoms with van der Waals surface area (Å²) in [4.78, 5) is 19.3. The van der Waals surface area contributed by atoms with Gasteiger partial charge in [0, 0.05) is 24.1 Å². The fraction of sp³-hybridized carbons (Fsp3) is 0.286. The molecule has 3 rings (SSSR count). The third kappa shape index (κ3) is 5.16. The lowest BCUT2D eigenvalue weighted by Gasteiger charge is -2.13. The average Bonchev–Trinajstić information content (AvgIpc) is 2.73. The highest BCUT2D eigenvalue weighted by molar-refractivity contribution is 7.90. The van der Waals surface area contributed by atoms with E-state index in [2.05, 4.69) is 9.97 Å². The predicted molar refractivity (Wildman–Crippen MR) is 111 cm³/mol. The van der Waals surface area contributed by atoms with Crippen LogP contribution in [0.3, 0.4) is 0 Å². The van der Waals surface area contributed by atoms with E-state index in [0.717, 1.165) is 23.8 Å². The van der Waals surface area contributed by atoms with Gasteiger partial charge in [0.15, 0.2) is 0 Å². The van der Waals surface area contributed by atoms with Gasteiger partial charge >= 0.3 is 6.18 Å². The minimum Gasteiger partial charge on any atom is -0.496 e. The van der Waals surface area contributed by atoms with Gasteiger partial charge in [-0.15, -0.1) is 0 Å². The number of ether oxygens (including phenoxy) is 1. The smallest absolute Gasteiger partial charge is 0.433 e. The normalized spacial score (nSPS) is 12.1. The summed E-state index contributed by atoms with van der Waals surface area (Å²) in [6.45, 7) is 2.11. The third-order valence-electron chi connectivity index (χ3n) is 4.69. The lowest BCUT2D eigenvalue weighted by atomic mass is 10.1. The van der Waals surface area contributed by atoms with Crippen molar-refractivity contribution >= 4 is 9.84 Å². The number of aromatic nitrogens is 3. The number of benzene rings is 1. The van der Waals surface area contributed by atoms with Gasteiger partial charge in [0.05, 0.1) is 19.3 Å². The van der Waals surface area contributed by atoms with Crippen LogP contribution in [0.4, 0.5) is 13.2 Å². The number of aryl methyl sites for hydroxylation is 1. The Morgan fingerprint density at radius 3 is 2.41 bits per heavy atom. The van der Waals surface area contributed by atoms with Gasteiger partial charge in [-0.3, -0.25) is 4.79 Å². The predicted octanol–water partition coefficient (Wildman–Crippen LogP) is 3.35. The van der Waals surface area contributed by atoms with E-state index in [9.17, 15) is 26.4 Å². The number of nitrogens with zero attached hydrogens (tertiary/aromatic N) is 3. The largest absolute Gasteiger partial charge is 0.496 e. The molecule has 2 heterocycles. The molecule has 0 amide bonds. The molecule has 0 N–H and O–H groups in total. The van der Waals surface area contributed by atoms with Gasteiger partial charge in [0.1, 0.15) is 11.4 Å². The molecule has 0 unspecified atom stereocenters. The minimum absolute atomic E-state index is 0.128. The SMILES string of the molecule is CCc1ccc(Cn2cc(-c3cc(C(F)(F)F)nc(S(C)(=O)=O)n3)ccc2=O)cc1OC. The second kappa shape index (κ2) is 8.73. The molecule has 2 aromatic heterocycles. The Bertz CT molecular complexity index is 1320.